The number of carbonyl (C=O) groups excluding carboxylic acids is 1. The largest absolute Gasteiger partial charge is 0.302 e. The number of hydrogen-bond acceptors (Lipinski definition) is 5. The number of hydrogen-bond donors (Lipinski definition) is 1. The van der Waals surface area contributed by atoms with Gasteiger partial charge in [-0.3, -0.25) is 4.79 Å². The molecule has 4 rings (SSSR count). The van der Waals surface area contributed by atoms with Crippen LogP contribution in [0.25, 0.3) is 0 Å². The zero-order chi connectivity index (χ0) is 20.1. The number of thiazole rings is 1. The Morgan fingerprint density at radius 3 is 2.50 bits per heavy atom. The topological polar surface area (TPSA) is 79.4 Å². The van der Waals surface area contributed by atoms with Crippen LogP contribution < -0.4 is 5.32 Å². The lowest BCUT2D eigenvalue weighted by Crippen LogP contribution is -2.35. The molecule has 0 radical (unpaired) electrons. The van der Waals surface area contributed by atoms with Gasteiger partial charge in [-0.2, -0.15) is 4.31 Å². The third-order valence-corrected chi connectivity index (χ3v) is 8.09. The predicted molar refractivity (Wildman–Crippen MR) is 110 cm³/mol. The molecule has 28 heavy (non-hydrogen) atoms. The summed E-state index contributed by atoms with van der Waals surface area (Å²) in [6, 6.07) is 7.17. The van der Waals surface area contributed by atoms with Crippen molar-refractivity contribution in [3.05, 3.63) is 40.4 Å². The second-order valence-corrected chi connectivity index (χ2v) is 11.5. The predicted octanol–water partition coefficient (Wildman–Crippen LogP) is 3.54. The summed E-state index contributed by atoms with van der Waals surface area (Å²) in [5.41, 5.74) is 1.98. The minimum atomic E-state index is -3.56. The van der Waals surface area contributed by atoms with Crippen molar-refractivity contribution < 1.29 is 13.2 Å². The van der Waals surface area contributed by atoms with E-state index >= 15 is 0 Å². The Morgan fingerprint density at radius 2 is 1.89 bits per heavy atom. The van der Waals surface area contributed by atoms with Crippen molar-refractivity contribution in [2.75, 3.05) is 11.9 Å². The molecule has 6 nitrogen and oxygen atoms in total. The highest BCUT2D eigenvalue weighted by Crippen LogP contribution is 2.34. The molecule has 0 unspecified atom stereocenters. The molecule has 0 bridgehead atoms. The number of sulfonamides is 1. The van der Waals surface area contributed by atoms with Crippen LogP contribution in [0.5, 0.6) is 0 Å². The van der Waals surface area contributed by atoms with Crippen LogP contribution in [0.2, 0.25) is 0 Å². The lowest BCUT2D eigenvalue weighted by molar-refractivity contribution is -0.117. The van der Waals surface area contributed by atoms with Crippen molar-refractivity contribution in [1.82, 2.24) is 9.29 Å². The highest BCUT2D eigenvalue weighted by molar-refractivity contribution is 7.89. The standard InChI is InChI=1S/C20H25N3O3S2/c1-20(2,3)14-6-8-15(9-7-14)28(25,26)23-11-10-16-17(12-23)27-19(21-16)22-18(24)13-4-5-13/h6-9,13H,4-5,10-12H2,1-3H3,(H,21,22,24). The summed E-state index contributed by atoms with van der Waals surface area (Å²) in [5, 5.41) is 3.45. The minimum Gasteiger partial charge on any atom is -0.302 e. The Bertz CT molecular complexity index is 1000. The Hall–Kier alpha value is -1.77. The summed E-state index contributed by atoms with van der Waals surface area (Å²) in [6.07, 6.45) is 2.44. The molecule has 1 aliphatic heterocycles. The summed E-state index contributed by atoms with van der Waals surface area (Å²) in [5.74, 6) is 0.142. The van der Waals surface area contributed by atoms with Crippen LogP contribution in [0, 0.1) is 5.92 Å². The van der Waals surface area contributed by atoms with E-state index < -0.39 is 10.0 Å². The average Bonchev–Trinajstić information content (AvgIpc) is 3.41. The van der Waals surface area contributed by atoms with Gasteiger partial charge >= 0.3 is 0 Å². The summed E-state index contributed by atoms with van der Waals surface area (Å²) in [4.78, 5) is 17.7. The maximum atomic E-state index is 13.1. The van der Waals surface area contributed by atoms with Gasteiger partial charge in [-0.05, 0) is 36.0 Å². The van der Waals surface area contributed by atoms with Crippen molar-refractivity contribution in [3.8, 4) is 0 Å². The normalized spacial score (nSPS) is 18.0. The zero-order valence-electron chi connectivity index (χ0n) is 16.4. The van der Waals surface area contributed by atoms with E-state index in [0.29, 0.717) is 29.5 Å². The second-order valence-electron chi connectivity index (χ2n) is 8.52. The summed E-state index contributed by atoms with van der Waals surface area (Å²) in [6.45, 7) is 7.01. The van der Waals surface area contributed by atoms with E-state index in [1.165, 1.54) is 15.6 Å². The summed E-state index contributed by atoms with van der Waals surface area (Å²) >= 11 is 1.38. The lowest BCUT2D eigenvalue weighted by Gasteiger charge is -2.26. The first-order chi connectivity index (χ1) is 13.1. The molecule has 1 N–H and O–H groups in total. The summed E-state index contributed by atoms with van der Waals surface area (Å²) in [7, 11) is -3.56. The van der Waals surface area contributed by atoms with Gasteiger partial charge in [-0.25, -0.2) is 13.4 Å². The number of fused-ring (bicyclic) bond motifs is 1. The Morgan fingerprint density at radius 1 is 1.21 bits per heavy atom. The Labute approximate surface area is 170 Å². The van der Waals surface area contributed by atoms with Gasteiger partial charge in [0.25, 0.3) is 0 Å². The molecule has 1 aliphatic carbocycles. The van der Waals surface area contributed by atoms with Gasteiger partial charge < -0.3 is 5.32 Å². The molecular formula is C20H25N3O3S2. The van der Waals surface area contributed by atoms with Crippen LogP contribution in [0.3, 0.4) is 0 Å². The van der Waals surface area contributed by atoms with Crippen molar-refractivity contribution >= 4 is 32.4 Å². The van der Waals surface area contributed by atoms with Gasteiger partial charge in [0.15, 0.2) is 5.13 Å². The van der Waals surface area contributed by atoms with Crippen LogP contribution >= 0.6 is 11.3 Å². The molecule has 2 aromatic rings. The van der Waals surface area contributed by atoms with Crippen LogP contribution in [-0.2, 0) is 33.2 Å². The molecule has 1 amide bonds. The number of nitrogens with one attached hydrogen (secondary N) is 1. The van der Waals surface area contributed by atoms with Gasteiger partial charge in [0.2, 0.25) is 15.9 Å². The first-order valence-electron chi connectivity index (χ1n) is 9.55. The number of carbonyl (C=O) groups is 1. The average molecular weight is 420 g/mol. The molecule has 2 heterocycles. The zero-order valence-corrected chi connectivity index (χ0v) is 18.0. The van der Waals surface area contributed by atoms with Gasteiger partial charge in [0.05, 0.1) is 17.1 Å². The van der Waals surface area contributed by atoms with Crippen molar-refractivity contribution in [2.45, 2.75) is 56.9 Å². The van der Waals surface area contributed by atoms with Crippen molar-refractivity contribution in [3.63, 3.8) is 0 Å². The van der Waals surface area contributed by atoms with E-state index in [0.717, 1.165) is 29.0 Å². The molecule has 1 saturated carbocycles. The van der Waals surface area contributed by atoms with Crippen molar-refractivity contribution in [2.24, 2.45) is 5.92 Å². The highest BCUT2D eigenvalue weighted by Gasteiger charge is 2.33. The second kappa shape index (κ2) is 6.93. The minimum absolute atomic E-state index is 0.0216. The van der Waals surface area contributed by atoms with Gasteiger partial charge in [0.1, 0.15) is 0 Å². The maximum Gasteiger partial charge on any atom is 0.243 e. The van der Waals surface area contributed by atoms with E-state index in [1.807, 2.05) is 12.1 Å². The van der Waals surface area contributed by atoms with E-state index in [-0.39, 0.29) is 17.2 Å². The fourth-order valence-corrected chi connectivity index (χ4v) is 5.78. The monoisotopic (exact) mass is 419 g/mol. The lowest BCUT2D eigenvalue weighted by atomic mass is 9.87. The van der Waals surface area contributed by atoms with Crippen LogP contribution in [0.4, 0.5) is 5.13 Å². The number of aromatic nitrogens is 1. The van der Waals surface area contributed by atoms with Crippen LogP contribution in [-0.4, -0.2) is 30.2 Å². The van der Waals surface area contributed by atoms with E-state index in [4.69, 9.17) is 0 Å². The molecule has 1 aromatic heterocycles. The van der Waals surface area contributed by atoms with Crippen LogP contribution in [0.15, 0.2) is 29.2 Å². The third kappa shape index (κ3) is 3.86. The summed E-state index contributed by atoms with van der Waals surface area (Å²) < 4.78 is 27.7. The van der Waals surface area contributed by atoms with E-state index in [2.05, 4.69) is 31.1 Å². The van der Waals surface area contributed by atoms with Gasteiger partial charge in [-0.15, -0.1) is 11.3 Å². The molecule has 0 saturated heterocycles. The van der Waals surface area contributed by atoms with Crippen LogP contribution in [0.1, 0.15) is 49.7 Å². The molecular weight excluding hydrogens is 394 g/mol. The number of benzene rings is 1. The highest BCUT2D eigenvalue weighted by atomic mass is 32.2. The number of anilines is 1. The Balaban J connectivity index is 1.51. The Kier molecular flexibility index (Phi) is 4.84. The quantitative estimate of drug-likeness (QED) is 0.822. The number of nitrogens with zero attached hydrogens (tertiary/aromatic N) is 2. The molecule has 2 aliphatic rings. The fourth-order valence-electron chi connectivity index (χ4n) is 3.26. The molecule has 150 valence electrons. The first kappa shape index (κ1) is 19.5. The van der Waals surface area contributed by atoms with E-state index in [1.54, 1.807) is 12.1 Å². The van der Waals surface area contributed by atoms with E-state index in [9.17, 15) is 13.2 Å². The fraction of sp³-hybridized carbons (Fsp3) is 0.500. The smallest absolute Gasteiger partial charge is 0.243 e. The number of rotatable bonds is 4. The SMILES string of the molecule is CC(C)(C)c1ccc(S(=O)(=O)N2CCc3nc(NC(=O)C4CC4)sc3C2)cc1. The molecule has 1 aromatic carbocycles. The maximum absolute atomic E-state index is 13.1. The van der Waals surface area contributed by atoms with Gasteiger partial charge in [0, 0.05) is 23.8 Å². The van der Waals surface area contributed by atoms with Crippen molar-refractivity contribution in [1.29, 1.82) is 0 Å². The third-order valence-electron chi connectivity index (χ3n) is 5.23. The molecule has 1 fully saturated rings. The molecule has 0 atom stereocenters. The number of amides is 1. The molecule has 0 spiro atoms. The van der Waals surface area contributed by atoms with Gasteiger partial charge in [-0.1, -0.05) is 32.9 Å². The molecule has 8 heteroatoms. The first-order valence-corrected chi connectivity index (χ1v) is 11.8.